The molecule has 3 N–H and O–H groups in total. The number of nitrogens with zero attached hydrogens (tertiary/aromatic N) is 1. The lowest BCUT2D eigenvalue weighted by Gasteiger charge is -2.07. The number of H-pyrrole nitrogens is 1. The van der Waals surface area contributed by atoms with Crippen LogP contribution < -0.4 is 10.0 Å². The molecule has 1 amide bonds. The number of carbonyl (C=O) groups is 1. The SMILES string of the molecule is CS(=O)(=O)Nc1cccc(CC(=O)Nc2cc(-c3ccnc4[nH]ccc34)cs2)c1.[HH]. The molecule has 4 rings (SSSR count). The van der Waals surface area contributed by atoms with Crippen molar-refractivity contribution in [3.63, 3.8) is 0 Å². The van der Waals surface area contributed by atoms with Gasteiger partial charge in [0.05, 0.1) is 17.7 Å². The van der Waals surface area contributed by atoms with Gasteiger partial charge in [-0.2, -0.15) is 0 Å². The molecule has 29 heavy (non-hydrogen) atoms. The number of aromatic amines is 1. The lowest BCUT2D eigenvalue weighted by molar-refractivity contribution is -0.115. The highest BCUT2D eigenvalue weighted by Crippen LogP contribution is 2.33. The van der Waals surface area contributed by atoms with Crippen LogP contribution in [0.15, 0.2) is 60.2 Å². The van der Waals surface area contributed by atoms with Gasteiger partial charge < -0.3 is 10.3 Å². The Bertz CT molecular complexity index is 1300. The molecule has 0 atom stereocenters. The highest BCUT2D eigenvalue weighted by Gasteiger charge is 2.11. The van der Waals surface area contributed by atoms with Crippen molar-refractivity contribution in [3.05, 3.63) is 65.8 Å². The van der Waals surface area contributed by atoms with Gasteiger partial charge in [0.15, 0.2) is 0 Å². The van der Waals surface area contributed by atoms with Crippen LogP contribution in [-0.2, 0) is 21.2 Å². The highest BCUT2D eigenvalue weighted by molar-refractivity contribution is 7.92. The maximum atomic E-state index is 12.4. The van der Waals surface area contributed by atoms with Crippen LogP contribution in [0.3, 0.4) is 0 Å². The Labute approximate surface area is 173 Å². The maximum absolute atomic E-state index is 12.4. The van der Waals surface area contributed by atoms with E-state index in [0.29, 0.717) is 5.69 Å². The molecule has 0 bridgehead atoms. The molecular weight excluding hydrogens is 408 g/mol. The molecule has 0 fully saturated rings. The van der Waals surface area contributed by atoms with E-state index in [1.54, 1.807) is 30.5 Å². The number of benzene rings is 1. The third-order valence-corrected chi connectivity index (χ3v) is 5.68. The minimum absolute atomic E-state index is 0. The molecule has 1 aromatic carbocycles. The smallest absolute Gasteiger partial charge is 0.229 e. The van der Waals surface area contributed by atoms with E-state index < -0.39 is 10.0 Å². The van der Waals surface area contributed by atoms with Crippen LogP contribution in [0.5, 0.6) is 0 Å². The van der Waals surface area contributed by atoms with Gasteiger partial charge in [0.25, 0.3) is 0 Å². The fourth-order valence-corrected chi connectivity index (χ4v) is 4.45. The summed E-state index contributed by atoms with van der Waals surface area (Å²) in [5.41, 5.74) is 4.03. The fourth-order valence-electron chi connectivity index (χ4n) is 3.08. The summed E-state index contributed by atoms with van der Waals surface area (Å²) in [6, 6.07) is 12.7. The average molecular weight is 429 g/mol. The molecule has 0 saturated carbocycles. The molecule has 9 heteroatoms. The monoisotopic (exact) mass is 428 g/mol. The van der Waals surface area contributed by atoms with Gasteiger partial charge in [0, 0.05) is 30.3 Å². The molecule has 0 saturated heterocycles. The molecule has 4 aromatic rings. The number of fused-ring (bicyclic) bond motifs is 1. The minimum atomic E-state index is -3.36. The Balaban J connectivity index is 0.00000256. The molecule has 0 radical (unpaired) electrons. The van der Waals surface area contributed by atoms with Crippen LogP contribution in [-0.4, -0.2) is 30.5 Å². The van der Waals surface area contributed by atoms with E-state index in [4.69, 9.17) is 0 Å². The number of thiophene rings is 1. The molecule has 3 aromatic heterocycles. The molecule has 3 heterocycles. The number of nitrogens with one attached hydrogen (secondary N) is 3. The van der Waals surface area contributed by atoms with E-state index in [1.165, 1.54) is 11.3 Å². The summed E-state index contributed by atoms with van der Waals surface area (Å²) in [4.78, 5) is 19.8. The van der Waals surface area contributed by atoms with E-state index >= 15 is 0 Å². The quantitative estimate of drug-likeness (QED) is 0.430. The van der Waals surface area contributed by atoms with E-state index in [0.717, 1.165) is 39.0 Å². The van der Waals surface area contributed by atoms with Crippen molar-refractivity contribution < 1.29 is 14.6 Å². The van der Waals surface area contributed by atoms with Crippen LogP contribution in [0.4, 0.5) is 10.7 Å². The molecule has 0 spiro atoms. The summed E-state index contributed by atoms with van der Waals surface area (Å²) in [6.07, 6.45) is 4.83. The molecule has 0 aliphatic carbocycles. The second kappa shape index (κ2) is 7.69. The lowest BCUT2D eigenvalue weighted by atomic mass is 10.1. The van der Waals surface area contributed by atoms with Crippen LogP contribution in [0, 0.1) is 0 Å². The lowest BCUT2D eigenvalue weighted by Crippen LogP contribution is -2.14. The van der Waals surface area contributed by atoms with Gasteiger partial charge in [-0.25, -0.2) is 13.4 Å². The molecule has 0 unspecified atom stereocenters. The van der Waals surface area contributed by atoms with Crippen LogP contribution in [0.25, 0.3) is 22.2 Å². The van der Waals surface area contributed by atoms with Crippen molar-refractivity contribution in [2.75, 3.05) is 16.3 Å². The summed E-state index contributed by atoms with van der Waals surface area (Å²) in [7, 11) is -3.36. The Morgan fingerprint density at radius 2 is 2.10 bits per heavy atom. The normalized spacial score (nSPS) is 11.5. The van der Waals surface area contributed by atoms with Crippen LogP contribution in [0.1, 0.15) is 6.99 Å². The molecular formula is C20H20N4O3S2. The number of sulfonamides is 1. The van der Waals surface area contributed by atoms with E-state index in [2.05, 4.69) is 20.0 Å². The van der Waals surface area contributed by atoms with Crippen molar-refractivity contribution in [1.29, 1.82) is 0 Å². The minimum Gasteiger partial charge on any atom is -0.346 e. The third-order valence-electron chi connectivity index (χ3n) is 4.23. The van der Waals surface area contributed by atoms with E-state index in [1.807, 2.05) is 29.8 Å². The predicted molar refractivity (Wildman–Crippen MR) is 119 cm³/mol. The zero-order valence-electron chi connectivity index (χ0n) is 15.5. The number of aromatic nitrogens is 2. The Morgan fingerprint density at radius 1 is 1.24 bits per heavy atom. The van der Waals surface area contributed by atoms with Gasteiger partial charge in [0.1, 0.15) is 5.65 Å². The van der Waals surface area contributed by atoms with Gasteiger partial charge in [-0.15, -0.1) is 11.3 Å². The first-order valence-corrected chi connectivity index (χ1v) is 11.5. The molecule has 0 aliphatic heterocycles. The van der Waals surface area contributed by atoms with Crippen LogP contribution >= 0.6 is 11.3 Å². The van der Waals surface area contributed by atoms with Crippen molar-refractivity contribution >= 4 is 49.0 Å². The summed E-state index contributed by atoms with van der Waals surface area (Å²) >= 11 is 1.45. The standard InChI is InChI=1S/C20H18N4O3S2.H2/c1-29(26,27)24-15-4-2-3-13(9-15)10-18(25)23-19-11-14(12-28-19)16-5-7-21-20-17(16)6-8-22-20;/h2-9,11-12,24H,10H2,1H3,(H,21,22)(H,23,25);1H. The molecule has 7 nitrogen and oxygen atoms in total. The van der Waals surface area contributed by atoms with Crippen LogP contribution in [0.2, 0.25) is 0 Å². The summed E-state index contributed by atoms with van der Waals surface area (Å²) in [6.45, 7) is 0. The molecule has 150 valence electrons. The zero-order valence-corrected chi connectivity index (χ0v) is 17.1. The van der Waals surface area contributed by atoms with Crippen molar-refractivity contribution in [3.8, 4) is 11.1 Å². The number of pyridine rings is 1. The first-order valence-electron chi connectivity index (χ1n) is 8.75. The van der Waals surface area contributed by atoms with Gasteiger partial charge in [0.2, 0.25) is 15.9 Å². The number of hydrogen-bond donors (Lipinski definition) is 3. The highest BCUT2D eigenvalue weighted by atomic mass is 32.2. The fraction of sp³-hybridized carbons (Fsp3) is 0.100. The third kappa shape index (κ3) is 4.64. The Morgan fingerprint density at radius 3 is 2.93 bits per heavy atom. The number of amides is 1. The van der Waals surface area contributed by atoms with Gasteiger partial charge >= 0.3 is 0 Å². The topological polar surface area (TPSA) is 104 Å². The second-order valence-electron chi connectivity index (χ2n) is 6.60. The Kier molecular flexibility index (Phi) is 5.08. The summed E-state index contributed by atoms with van der Waals surface area (Å²) in [5.74, 6) is -0.170. The average Bonchev–Trinajstić information content (AvgIpc) is 3.29. The van der Waals surface area contributed by atoms with E-state index in [-0.39, 0.29) is 13.8 Å². The number of rotatable bonds is 6. The first-order chi connectivity index (χ1) is 13.9. The predicted octanol–water partition coefficient (Wildman–Crippen LogP) is 4.09. The number of anilines is 2. The van der Waals surface area contributed by atoms with Crippen molar-refractivity contribution in [2.45, 2.75) is 6.42 Å². The van der Waals surface area contributed by atoms with Gasteiger partial charge in [-0.1, -0.05) is 12.1 Å². The van der Waals surface area contributed by atoms with Crippen molar-refractivity contribution in [2.24, 2.45) is 0 Å². The van der Waals surface area contributed by atoms with Gasteiger partial charge in [-0.3, -0.25) is 9.52 Å². The summed E-state index contributed by atoms with van der Waals surface area (Å²) < 4.78 is 25.1. The molecule has 0 aliphatic rings. The maximum Gasteiger partial charge on any atom is 0.229 e. The number of hydrogen-bond acceptors (Lipinski definition) is 5. The number of carbonyl (C=O) groups excluding carboxylic acids is 1. The Hall–Kier alpha value is -3.17. The zero-order chi connectivity index (χ0) is 20.4. The largest absolute Gasteiger partial charge is 0.346 e. The van der Waals surface area contributed by atoms with Gasteiger partial charge in [-0.05, 0) is 47.0 Å². The summed E-state index contributed by atoms with van der Waals surface area (Å²) in [5, 5.41) is 6.67. The van der Waals surface area contributed by atoms with E-state index in [9.17, 15) is 13.2 Å². The first kappa shape index (κ1) is 19.2. The second-order valence-corrected chi connectivity index (χ2v) is 9.26. The van der Waals surface area contributed by atoms with Crippen molar-refractivity contribution in [1.82, 2.24) is 9.97 Å².